The summed E-state index contributed by atoms with van der Waals surface area (Å²) >= 11 is 1.84. The molecule has 0 spiro atoms. The van der Waals surface area contributed by atoms with Gasteiger partial charge in [0, 0.05) is 48.1 Å². The van der Waals surface area contributed by atoms with Crippen molar-refractivity contribution in [2.75, 3.05) is 0 Å². The lowest BCUT2D eigenvalue weighted by molar-refractivity contribution is 0.488. The second-order valence-electron chi connectivity index (χ2n) is 14.0. The van der Waals surface area contributed by atoms with E-state index in [0.717, 1.165) is 77.8 Å². The smallest absolute Gasteiger partial charge is 0.235 e. The second-order valence-corrected chi connectivity index (χ2v) is 15.1. The largest absolute Gasteiger partial charge is 0.456 e. The maximum atomic E-state index is 6.82. The van der Waals surface area contributed by atoms with Gasteiger partial charge < -0.3 is 9.15 Å². The van der Waals surface area contributed by atoms with Crippen molar-refractivity contribution in [1.82, 2.24) is 14.5 Å². The standard InChI is InChI=1S/C48H25N3O2S/c1-2-13-30-29(12-1)41-31-14-3-7-17-36(31)51(45(41)47-42(30)33-16-6-10-20-40(33)54-47)48-49-35-23-22-27(46-43(35)44(50-48)32-15-5-9-19-38(32)53-46)26-21-24-39-34(25-26)28-11-4-8-18-37(28)52-39/h1-25H. The fourth-order valence-corrected chi connectivity index (χ4v) is 10.2. The lowest BCUT2D eigenvalue weighted by Gasteiger charge is -2.23. The summed E-state index contributed by atoms with van der Waals surface area (Å²) in [6, 6.07) is 53.3. The van der Waals surface area contributed by atoms with Gasteiger partial charge in [0.15, 0.2) is 0 Å². The maximum absolute atomic E-state index is 6.82. The molecule has 0 amide bonds. The first-order valence-corrected chi connectivity index (χ1v) is 18.9. The molecule has 4 aromatic heterocycles. The molecule has 0 saturated heterocycles. The van der Waals surface area contributed by atoms with E-state index in [-0.39, 0.29) is 0 Å². The molecule has 5 nitrogen and oxygen atoms in total. The van der Waals surface area contributed by atoms with Crippen LogP contribution in [0.1, 0.15) is 0 Å². The van der Waals surface area contributed by atoms with Gasteiger partial charge in [0.1, 0.15) is 22.7 Å². The van der Waals surface area contributed by atoms with E-state index in [1.165, 1.54) is 41.7 Å². The zero-order chi connectivity index (χ0) is 35.1. The Hall–Kier alpha value is -7.02. The Bertz CT molecular complexity index is 3610. The maximum Gasteiger partial charge on any atom is 0.235 e. The summed E-state index contributed by atoms with van der Waals surface area (Å²) in [6.07, 6.45) is 0. The predicted octanol–water partition coefficient (Wildman–Crippen LogP) is 13.6. The van der Waals surface area contributed by atoms with Gasteiger partial charge in [-0.15, -0.1) is 11.3 Å². The summed E-state index contributed by atoms with van der Waals surface area (Å²) in [5.74, 6) is 2.18. The van der Waals surface area contributed by atoms with E-state index in [1.54, 1.807) is 0 Å². The molecule has 5 heterocycles. The zero-order valence-electron chi connectivity index (χ0n) is 28.5. The molecule has 1 aliphatic heterocycles. The van der Waals surface area contributed by atoms with Crippen LogP contribution in [-0.4, -0.2) is 14.5 Å². The van der Waals surface area contributed by atoms with Gasteiger partial charge in [0.2, 0.25) is 5.95 Å². The van der Waals surface area contributed by atoms with Crippen molar-refractivity contribution >= 4 is 96.9 Å². The number of para-hydroxylation sites is 3. The van der Waals surface area contributed by atoms with Gasteiger partial charge in [-0.2, -0.15) is 0 Å². The monoisotopic (exact) mass is 707 g/mol. The molecule has 0 fully saturated rings. The minimum Gasteiger partial charge on any atom is -0.456 e. The minimum absolute atomic E-state index is 0.638. The van der Waals surface area contributed by atoms with E-state index in [0.29, 0.717) is 5.95 Å². The van der Waals surface area contributed by atoms with Crippen LogP contribution >= 0.6 is 11.3 Å². The summed E-state index contributed by atoms with van der Waals surface area (Å²) in [6.45, 7) is 0. The fraction of sp³-hybridized carbons (Fsp3) is 0. The van der Waals surface area contributed by atoms with E-state index in [9.17, 15) is 0 Å². The highest BCUT2D eigenvalue weighted by Gasteiger charge is 2.28. The van der Waals surface area contributed by atoms with Crippen molar-refractivity contribution in [2.45, 2.75) is 0 Å². The SMILES string of the molecule is c1ccc2c(c1)Oc1c(-c3ccc4oc5ccccc5c4c3)ccc3nc(-n4c5ccccc5c5c6ccccc6c6c7ccccc7sc6c54)nc-2c13. The highest BCUT2D eigenvalue weighted by Crippen LogP contribution is 2.51. The number of hydrogen-bond donors (Lipinski definition) is 0. The molecule has 12 aromatic rings. The Labute approximate surface area is 310 Å². The van der Waals surface area contributed by atoms with Crippen molar-refractivity contribution < 1.29 is 9.15 Å². The average molecular weight is 708 g/mol. The first-order chi connectivity index (χ1) is 26.8. The van der Waals surface area contributed by atoms with Crippen LogP contribution in [0.5, 0.6) is 11.5 Å². The van der Waals surface area contributed by atoms with Crippen LogP contribution in [0, 0.1) is 0 Å². The molecular formula is C48H25N3O2S. The Kier molecular flexibility index (Phi) is 5.45. The molecular weight excluding hydrogens is 683 g/mol. The zero-order valence-corrected chi connectivity index (χ0v) is 29.3. The minimum atomic E-state index is 0.638. The molecule has 8 aromatic carbocycles. The van der Waals surface area contributed by atoms with E-state index >= 15 is 0 Å². The molecule has 0 aliphatic carbocycles. The summed E-state index contributed by atoms with van der Waals surface area (Å²) in [7, 11) is 0. The van der Waals surface area contributed by atoms with E-state index in [1.807, 2.05) is 35.6 Å². The highest BCUT2D eigenvalue weighted by molar-refractivity contribution is 7.27. The van der Waals surface area contributed by atoms with Gasteiger partial charge >= 0.3 is 0 Å². The summed E-state index contributed by atoms with van der Waals surface area (Å²) in [5, 5.41) is 10.5. The fourth-order valence-electron chi connectivity index (χ4n) is 8.90. The van der Waals surface area contributed by atoms with Crippen molar-refractivity contribution in [3.63, 3.8) is 0 Å². The van der Waals surface area contributed by atoms with E-state index < -0.39 is 0 Å². The number of benzene rings is 8. The molecule has 0 atom stereocenters. The third-order valence-corrected chi connectivity index (χ3v) is 12.4. The molecule has 0 saturated carbocycles. The van der Waals surface area contributed by atoms with Gasteiger partial charge in [0.25, 0.3) is 0 Å². The van der Waals surface area contributed by atoms with Crippen molar-refractivity contribution in [1.29, 1.82) is 0 Å². The van der Waals surface area contributed by atoms with Crippen LogP contribution in [0.2, 0.25) is 0 Å². The second kappa shape index (κ2) is 10.3. The van der Waals surface area contributed by atoms with Crippen LogP contribution in [-0.2, 0) is 0 Å². The quantitative estimate of drug-likeness (QED) is 0.179. The highest BCUT2D eigenvalue weighted by atomic mass is 32.1. The predicted molar refractivity (Wildman–Crippen MR) is 222 cm³/mol. The number of nitrogens with zero attached hydrogens (tertiary/aromatic N) is 3. The Morgan fingerprint density at radius 1 is 0.519 bits per heavy atom. The van der Waals surface area contributed by atoms with E-state index in [2.05, 4.69) is 132 Å². The number of aromatic nitrogens is 3. The summed E-state index contributed by atoms with van der Waals surface area (Å²) < 4.78 is 17.8. The third kappa shape index (κ3) is 3.67. The number of furan rings is 1. The average Bonchev–Trinajstić information content (AvgIpc) is 3.91. The first kappa shape index (κ1) is 28.6. The van der Waals surface area contributed by atoms with Crippen LogP contribution in [0.15, 0.2) is 156 Å². The molecule has 0 N–H and O–H groups in total. The number of fused-ring (bicyclic) bond motifs is 15. The van der Waals surface area contributed by atoms with Crippen molar-refractivity contribution in [3.8, 4) is 39.8 Å². The lowest BCUT2D eigenvalue weighted by Crippen LogP contribution is -2.07. The molecule has 54 heavy (non-hydrogen) atoms. The van der Waals surface area contributed by atoms with Crippen LogP contribution in [0.3, 0.4) is 0 Å². The molecule has 1 aliphatic rings. The van der Waals surface area contributed by atoms with Gasteiger partial charge in [-0.3, -0.25) is 4.57 Å². The summed E-state index contributed by atoms with van der Waals surface area (Å²) in [4.78, 5) is 10.9. The molecule has 250 valence electrons. The summed E-state index contributed by atoms with van der Waals surface area (Å²) in [5.41, 5.74) is 8.62. The van der Waals surface area contributed by atoms with Crippen molar-refractivity contribution in [2.24, 2.45) is 0 Å². The molecule has 13 rings (SSSR count). The molecule has 0 bridgehead atoms. The number of ether oxygens (including phenoxy) is 1. The molecule has 0 radical (unpaired) electrons. The topological polar surface area (TPSA) is 53.1 Å². The molecule has 6 heteroatoms. The Balaban J connectivity index is 1.15. The molecule has 0 unspecified atom stereocenters. The third-order valence-electron chi connectivity index (χ3n) is 11.2. The van der Waals surface area contributed by atoms with Gasteiger partial charge in [-0.05, 0) is 70.9 Å². The lowest BCUT2D eigenvalue weighted by atomic mass is 9.95. The van der Waals surface area contributed by atoms with Gasteiger partial charge in [-0.1, -0.05) is 97.1 Å². The Morgan fingerprint density at radius 3 is 2.15 bits per heavy atom. The van der Waals surface area contributed by atoms with Crippen LogP contribution in [0.25, 0.3) is 114 Å². The Morgan fingerprint density at radius 2 is 1.24 bits per heavy atom. The number of rotatable bonds is 2. The number of thiophene rings is 1. The van der Waals surface area contributed by atoms with E-state index in [4.69, 9.17) is 19.1 Å². The first-order valence-electron chi connectivity index (χ1n) is 18.1. The van der Waals surface area contributed by atoms with Crippen LogP contribution < -0.4 is 4.74 Å². The number of hydrogen-bond acceptors (Lipinski definition) is 5. The van der Waals surface area contributed by atoms with Crippen molar-refractivity contribution in [3.05, 3.63) is 152 Å². The van der Waals surface area contributed by atoms with Crippen LogP contribution in [0.4, 0.5) is 0 Å². The van der Waals surface area contributed by atoms with Gasteiger partial charge in [0.05, 0.1) is 32.3 Å². The van der Waals surface area contributed by atoms with Gasteiger partial charge in [-0.25, -0.2) is 9.97 Å². The normalized spacial score (nSPS) is 12.6.